The van der Waals surface area contributed by atoms with Gasteiger partial charge in [-0.1, -0.05) is 6.07 Å². The van der Waals surface area contributed by atoms with Crippen molar-refractivity contribution in [3.8, 4) is 5.75 Å². The quantitative estimate of drug-likeness (QED) is 0.813. The van der Waals surface area contributed by atoms with E-state index in [1.165, 1.54) is 11.3 Å². The van der Waals surface area contributed by atoms with Crippen molar-refractivity contribution in [2.75, 3.05) is 38.6 Å². The van der Waals surface area contributed by atoms with Gasteiger partial charge in [-0.15, -0.1) is 0 Å². The van der Waals surface area contributed by atoms with Crippen molar-refractivity contribution in [2.24, 2.45) is 0 Å². The van der Waals surface area contributed by atoms with Gasteiger partial charge in [-0.3, -0.25) is 9.58 Å². The predicted octanol–water partition coefficient (Wildman–Crippen LogP) is 2.73. The summed E-state index contributed by atoms with van der Waals surface area (Å²) >= 11 is 5.59. The van der Waals surface area contributed by atoms with Crippen molar-refractivity contribution < 1.29 is 4.74 Å². The number of aryl methyl sites for hydroxylation is 1. The van der Waals surface area contributed by atoms with Gasteiger partial charge in [0.2, 0.25) is 0 Å². The summed E-state index contributed by atoms with van der Waals surface area (Å²) in [6, 6.07) is 7.84. The van der Waals surface area contributed by atoms with E-state index in [-0.39, 0.29) is 0 Å². The van der Waals surface area contributed by atoms with Gasteiger partial charge in [0.25, 0.3) is 0 Å². The molecule has 0 saturated carbocycles. The third-order valence-electron chi connectivity index (χ3n) is 4.88. The first kappa shape index (κ1) is 18.7. The maximum Gasteiger partial charge on any atom is 0.173 e. The molecule has 0 bridgehead atoms. The summed E-state index contributed by atoms with van der Waals surface area (Å²) in [6.45, 7) is 9.99. The Hall–Kier alpha value is -2.12. The molecule has 0 spiro atoms. The number of aromatic nitrogens is 2. The molecule has 1 fully saturated rings. The van der Waals surface area contributed by atoms with Crippen molar-refractivity contribution >= 4 is 23.0 Å². The molecule has 2 aromatic rings. The Labute approximate surface area is 160 Å². The molecule has 1 aromatic heterocycles. The fraction of sp³-hybridized carbons (Fsp3) is 0.474. The summed E-state index contributed by atoms with van der Waals surface area (Å²) in [5.74, 6) is 0.825. The Kier molecular flexibility index (Phi) is 6.11. The van der Waals surface area contributed by atoms with Crippen molar-refractivity contribution in [3.05, 3.63) is 41.7 Å². The predicted molar refractivity (Wildman–Crippen MR) is 109 cm³/mol. The Bertz CT molecular complexity index is 752. The molecule has 0 aliphatic carbocycles. The number of piperazine rings is 1. The van der Waals surface area contributed by atoms with E-state index in [2.05, 4.69) is 38.7 Å². The molecule has 26 heavy (non-hydrogen) atoms. The lowest BCUT2D eigenvalue weighted by molar-refractivity contribution is 0.176. The van der Waals surface area contributed by atoms with E-state index in [0.29, 0.717) is 0 Å². The van der Waals surface area contributed by atoms with Gasteiger partial charge in [0.15, 0.2) is 5.11 Å². The normalized spacial score (nSPS) is 15.1. The zero-order valence-corrected chi connectivity index (χ0v) is 16.6. The number of hydrogen-bond donors (Lipinski definition) is 1. The van der Waals surface area contributed by atoms with Crippen LogP contribution in [0.2, 0.25) is 0 Å². The number of benzene rings is 1. The zero-order valence-electron chi connectivity index (χ0n) is 15.7. The molecule has 1 aromatic carbocycles. The minimum absolute atomic E-state index is 0.771. The van der Waals surface area contributed by atoms with Gasteiger partial charge in [-0.2, -0.15) is 5.10 Å². The first-order chi connectivity index (χ1) is 12.6. The monoisotopic (exact) mass is 373 g/mol. The maximum absolute atomic E-state index is 5.59. The Balaban J connectivity index is 1.51. The highest BCUT2D eigenvalue weighted by Crippen LogP contribution is 2.18. The molecule has 1 aliphatic rings. The first-order valence-electron chi connectivity index (χ1n) is 9.04. The SMILES string of the molecule is CCn1ncc(CN2CCN(C(=S)Nc3cccc(OC)c3)CC2)c1C. The molecule has 0 amide bonds. The van der Waals surface area contributed by atoms with Crippen molar-refractivity contribution in [1.82, 2.24) is 19.6 Å². The van der Waals surface area contributed by atoms with E-state index in [4.69, 9.17) is 17.0 Å². The van der Waals surface area contributed by atoms with Crippen LogP contribution in [0.25, 0.3) is 0 Å². The third-order valence-corrected chi connectivity index (χ3v) is 5.24. The van der Waals surface area contributed by atoms with Gasteiger partial charge in [0.1, 0.15) is 5.75 Å². The molecule has 1 aliphatic heterocycles. The molecular formula is C19H27N5OS. The van der Waals surface area contributed by atoms with Crippen molar-refractivity contribution in [1.29, 1.82) is 0 Å². The number of methoxy groups -OCH3 is 1. The second-order valence-corrected chi connectivity index (χ2v) is 6.88. The second-order valence-electron chi connectivity index (χ2n) is 6.50. The highest BCUT2D eigenvalue weighted by molar-refractivity contribution is 7.80. The third kappa shape index (κ3) is 4.34. The summed E-state index contributed by atoms with van der Waals surface area (Å²) in [7, 11) is 1.67. The van der Waals surface area contributed by atoms with E-state index in [9.17, 15) is 0 Å². The van der Waals surface area contributed by atoms with Crippen LogP contribution < -0.4 is 10.1 Å². The fourth-order valence-electron chi connectivity index (χ4n) is 3.21. The molecule has 7 heteroatoms. The average molecular weight is 374 g/mol. The Morgan fingerprint density at radius 2 is 2.04 bits per heavy atom. The van der Waals surface area contributed by atoms with Crippen molar-refractivity contribution in [2.45, 2.75) is 26.9 Å². The van der Waals surface area contributed by atoms with Crippen LogP contribution in [0.15, 0.2) is 30.5 Å². The number of ether oxygens (including phenoxy) is 1. The molecule has 2 heterocycles. The van der Waals surface area contributed by atoms with Crippen LogP contribution in [0, 0.1) is 6.92 Å². The molecule has 0 unspecified atom stereocenters. The summed E-state index contributed by atoms with van der Waals surface area (Å²) in [4.78, 5) is 4.70. The average Bonchev–Trinajstić information content (AvgIpc) is 3.02. The fourth-order valence-corrected chi connectivity index (χ4v) is 3.51. The van der Waals surface area contributed by atoms with Gasteiger partial charge in [-0.05, 0) is 38.2 Å². The first-order valence-corrected chi connectivity index (χ1v) is 9.45. The number of rotatable bonds is 5. The highest BCUT2D eigenvalue weighted by Gasteiger charge is 2.20. The molecule has 0 atom stereocenters. The topological polar surface area (TPSA) is 45.6 Å². The lowest BCUT2D eigenvalue weighted by atomic mass is 10.2. The minimum Gasteiger partial charge on any atom is -0.497 e. The molecular weight excluding hydrogens is 346 g/mol. The van der Waals surface area contributed by atoms with Crippen LogP contribution in [0.3, 0.4) is 0 Å². The standard InChI is InChI=1S/C19H27N5OS/c1-4-24-15(2)16(13-20-24)14-22-8-10-23(11-9-22)19(26)21-17-6-5-7-18(12-17)25-3/h5-7,12-13H,4,8-11,14H2,1-3H3,(H,21,26). The zero-order chi connectivity index (χ0) is 18.5. The van der Waals surface area contributed by atoms with Gasteiger partial charge >= 0.3 is 0 Å². The van der Waals surface area contributed by atoms with Crippen LogP contribution >= 0.6 is 12.2 Å². The van der Waals surface area contributed by atoms with Crippen molar-refractivity contribution in [3.63, 3.8) is 0 Å². The van der Waals surface area contributed by atoms with Gasteiger partial charge in [-0.25, -0.2) is 0 Å². The van der Waals surface area contributed by atoms with Gasteiger partial charge in [0, 0.05) is 62.3 Å². The largest absolute Gasteiger partial charge is 0.497 e. The molecule has 1 saturated heterocycles. The van der Waals surface area contributed by atoms with E-state index >= 15 is 0 Å². The van der Waals surface area contributed by atoms with Gasteiger partial charge in [0.05, 0.1) is 13.3 Å². The lowest BCUT2D eigenvalue weighted by Crippen LogP contribution is -2.49. The summed E-state index contributed by atoms with van der Waals surface area (Å²) in [5, 5.41) is 8.53. The number of nitrogens with one attached hydrogen (secondary N) is 1. The van der Waals surface area contributed by atoms with Gasteiger partial charge < -0.3 is 15.0 Å². The molecule has 0 radical (unpaired) electrons. The van der Waals surface area contributed by atoms with Crippen LogP contribution in [-0.4, -0.2) is 58.0 Å². The minimum atomic E-state index is 0.771. The highest BCUT2D eigenvalue weighted by atomic mass is 32.1. The Morgan fingerprint density at radius 1 is 1.27 bits per heavy atom. The van der Waals surface area contributed by atoms with E-state index < -0.39 is 0 Å². The number of hydrogen-bond acceptors (Lipinski definition) is 4. The van der Waals surface area contributed by atoms with E-state index in [1.54, 1.807) is 7.11 Å². The van der Waals surface area contributed by atoms with Crippen LogP contribution in [0.5, 0.6) is 5.75 Å². The van der Waals surface area contributed by atoms with Crippen LogP contribution in [0.1, 0.15) is 18.2 Å². The van der Waals surface area contributed by atoms with Crippen LogP contribution in [0.4, 0.5) is 5.69 Å². The number of nitrogens with zero attached hydrogens (tertiary/aromatic N) is 4. The maximum atomic E-state index is 5.59. The summed E-state index contributed by atoms with van der Waals surface area (Å²) in [6.07, 6.45) is 2.00. The summed E-state index contributed by atoms with van der Waals surface area (Å²) < 4.78 is 7.32. The van der Waals surface area contributed by atoms with E-state index in [0.717, 1.165) is 55.8 Å². The number of thiocarbonyl (C=S) groups is 1. The lowest BCUT2D eigenvalue weighted by Gasteiger charge is -2.36. The molecule has 3 rings (SSSR count). The molecule has 6 nitrogen and oxygen atoms in total. The summed E-state index contributed by atoms with van der Waals surface area (Å²) in [5.41, 5.74) is 3.54. The second kappa shape index (κ2) is 8.51. The Morgan fingerprint density at radius 3 is 2.69 bits per heavy atom. The molecule has 140 valence electrons. The van der Waals surface area contributed by atoms with Crippen LogP contribution in [-0.2, 0) is 13.1 Å². The van der Waals surface area contributed by atoms with E-state index in [1.807, 2.05) is 30.5 Å². The number of anilines is 1. The molecule has 1 N–H and O–H groups in total. The smallest absolute Gasteiger partial charge is 0.173 e.